The molecule has 0 aromatic carbocycles. The van der Waals surface area contributed by atoms with Gasteiger partial charge in [-0.25, -0.2) is 0 Å². The summed E-state index contributed by atoms with van der Waals surface area (Å²) in [6.45, 7) is 8.21. The van der Waals surface area contributed by atoms with Gasteiger partial charge in [0.15, 0.2) is 0 Å². The molecule has 130 valence electrons. The van der Waals surface area contributed by atoms with Crippen LogP contribution >= 0.6 is 0 Å². The molecule has 0 spiro atoms. The van der Waals surface area contributed by atoms with Crippen molar-refractivity contribution < 1.29 is 14.4 Å². The van der Waals surface area contributed by atoms with Crippen LogP contribution in [0, 0.1) is 17.3 Å². The molecule has 0 radical (unpaired) electrons. The molecule has 6 nitrogen and oxygen atoms in total. The standard InChI is InChI=1S/C17H29N3O3/c1-17(2,3)16(23)19-9-6-12(7-10-19)15(22)20-8-4-5-13(11-20)14(18)21/h12-13H,4-11H2,1-3H3,(H2,18,21)/t13-/m0/s1. The molecule has 1 atom stereocenters. The molecule has 2 fully saturated rings. The molecule has 0 aromatic rings. The first-order chi connectivity index (χ1) is 10.7. The number of rotatable bonds is 2. The first kappa shape index (κ1) is 17.8. The molecule has 0 saturated carbocycles. The lowest BCUT2D eigenvalue weighted by Crippen LogP contribution is -2.50. The van der Waals surface area contributed by atoms with Crippen LogP contribution < -0.4 is 5.73 Å². The molecule has 0 aliphatic carbocycles. The van der Waals surface area contributed by atoms with Gasteiger partial charge >= 0.3 is 0 Å². The summed E-state index contributed by atoms with van der Waals surface area (Å²) in [6, 6.07) is 0. The Morgan fingerprint density at radius 1 is 0.913 bits per heavy atom. The summed E-state index contributed by atoms with van der Waals surface area (Å²) in [6.07, 6.45) is 3.02. The maximum absolute atomic E-state index is 12.7. The number of hydrogen-bond acceptors (Lipinski definition) is 3. The van der Waals surface area contributed by atoms with Crippen molar-refractivity contribution in [3.8, 4) is 0 Å². The summed E-state index contributed by atoms with van der Waals surface area (Å²) in [4.78, 5) is 40.0. The van der Waals surface area contributed by atoms with Gasteiger partial charge in [0.25, 0.3) is 0 Å². The van der Waals surface area contributed by atoms with Gasteiger partial charge in [0.1, 0.15) is 0 Å². The summed E-state index contributed by atoms with van der Waals surface area (Å²) in [5, 5.41) is 0. The molecule has 2 N–H and O–H groups in total. The normalized spacial score (nSPS) is 23.7. The molecule has 2 rings (SSSR count). The van der Waals surface area contributed by atoms with E-state index in [0.29, 0.717) is 39.0 Å². The highest BCUT2D eigenvalue weighted by Crippen LogP contribution is 2.26. The Bertz CT molecular complexity index is 476. The van der Waals surface area contributed by atoms with E-state index in [1.54, 1.807) is 4.90 Å². The molecule has 2 aliphatic rings. The topological polar surface area (TPSA) is 83.7 Å². The minimum atomic E-state index is -0.377. The maximum atomic E-state index is 12.7. The third-order valence-corrected chi connectivity index (χ3v) is 4.91. The predicted octanol–water partition coefficient (Wildman–Crippen LogP) is 0.995. The Morgan fingerprint density at radius 3 is 2.04 bits per heavy atom. The first-order valence-electron chi connectivity index (χ1n) is 8.57. The number of primary amides is 1. The van der Waals surface area contributed by atoms with E-state index in [1.807, 2.05) is 25.7 Å². The Balaban J connectivity index is 1.88. The molecule has 2 aliphatic heterocycles. The van der Waals surface area contributed by atoms with Crippen LogP contribution in [0.1, 0.15) is 46.5 Å². The second-order valence-electron chi connectivity index (χ2n) is 7.84. The van der Waals surface area contributed by atoms with Crippen molar-refractivity contribution in [1.82, 2.24) is 9.80 Å². The number of amides is 3. The minimum Gasteiger partial charge on any atom is -0.369 e. The van der Waals surface area contributed by atoms with E-state index in [4.69, 9.17) is 5.73 Å². The average Bonchev–Trinajstić information content (AvgIpc) is 2.53. The highest BCUT2D eigenvalue weighted by Gasteiger charge is 2.35. The van der Waals surface area contributed by atoms with Crippen LogP contribution in [0.2, 0.25) is 0 Å². The van der Waals surface area contributed by atoms with E-state index in [9.17, 15) is 14.4 Å². The van der Waals surface area contributed by atoms with Gasteiger partial charge in [-0.3, -0.25) is 14.4 Å². The molecule has 0 bridgehead atoms. The fraction of sp³-hybridized carbons (Fsp3) is 0.824. The van der Waals surface area contributed by atoms with E-state index in [1.165, 1.54) is 0 Å². The quantitative estimate of drug-likeness (QED) is 0.822. The molecular weight excluding hydrogens is 294 g/mol. The maximum Gasteiger partial charge on any atom is 0.227 e. The molecule has 0 unspecified atom stereocenters. The van der Waals surface area contributed by atoms with Crippen molar-refractivity contribution in [3.05, 3.63) is 0 Å². The van der Waals surface area contributed by atoms with E-state index < -0.39 is 0 Å². The Morgan fingerprint density at radius 2 is 1.52 bits per heavy atom. The number of carbonyl (C=O) groups excluding carboxylic acids is 3. The minimum absolute atomic E-state index is 0.0364. The zero-order valence-electron chi connectivity index (χ0n) is 14.5. The van der Waals surface area contributed by atoms with Gasteiger partial charge in [0, 0.05) is 37.5 Å². The van der Waals surface area contributed by atoms with Crippen LogP contribution in [0.25, 0.3) is 0 Å². The Hall–Kier alpha value is -1.59. The molecule has 6 heteroatoms. The van der Waals surface area contributed by atoms with Gasteiger partial charge in [-0.2, -0.15) is 0 Å². The number of nitrogens with zero attached hydrogens (tertiary/aromatic N) is 2. The average molecular weight is 323 g/mol. The highest BCUT2D eigenvalue weighted by atomic mass is 16.2. The number of nitrogens with two attached hydrogens (primary N) is 1. The lowest BCUT2D eigenvalue weighted by molar-refractivity contribution is -0.146. The van der Waals surface area contributed by atoms with Crippen molar-refractivity contribution in [2.75, 3.05) is 26.2 Å². The monoisotopic (exact) mass is 323 g/mol. The van der Waals surface area contributed by atoms with Gasteiger partial charge in [0.05, 0.1) is 5.92 Å². The van der Waals surface area contributed by atoms with Crippen molar-refractivity contribution >= 4 is 17.7 Å². The lowest BCUT2D eigenvalue weighted by atomic mass is 9.89. The Kier molecular flexibility index (Phi) is 5.32. The van der Waals surface area contributed by atoms with Gasteiger partial charge < -0.3 is 15.5 Å². The number of likely N-dealkylation sites (tertiary alicyclic amines) is 2. The van der Waals surface area contributed by atoms with Gasteiger partial charge in [-0.15, -0.1) is 0 Å². The fourth-order valence-corrected chi connectivity index (χ4v) is 3.47. The van der Waals surface area contributed by atoms with E-state index >= 15 is 0 Å². The molecule has 3 amide bonds. The summed E-state index contributed by atoms with van der Waals surface area (Å²) < 4.78 is 0. The molecule has 0 aromatic heterocycles. The zero-order valence-corrected chi connectivity index (χ0v) is 14.5. The van der Waals surface area contributed by atoms with Gasteiger partial charge in [0.2, 0.25) is 17.7 Å². The Labute approximate surface area is 138 Å². The lowest BCUT2D eigenvalue weighted by Gasteiger charge is -2.38. The van der Waals surface area contributed by atoms with Crippen LogP contribution in [-0.2, 0) is 14.4 Å². The van der Waals surface area contributed by atoms with E-state index in [2.05, 4.69) is 0 Å². The summed E-state index contributed by atoms with van der Waals surface area (Å²) in [5.74, 6) is -0.289. The van der Waals surface area contributed by atoms with Crippen LogP contribution in [0.4, 0.5) is 0 Å². The second-order valence-corrected chi connectivity index (χ2v) is 7.84. The van der Waals surface area contributed by atoms with Gasteiger partial charge in [-0.1, -0.05) is 20.8 Å². The first-order valence-corrected chi connectivity index (χ1v) is 8.57. The van der Waals surface area contributed by atoms with Gasteiger partial charge in [-0.05, 0) is 25.7 Å². The smallest absolute Gasteiger partial charge is 0.227 e. The number of piperidine rings is 2. The van der Waals surface area contributed by atoms with Crippen LogP contribution in [-0.4, -0.2) is 53.7 Å². The largest absolute Gasteiger partial charge is 0.369 e. The molecule has 23 heavy (non-hydrogen) atoms. The molecule has 2 heterocycles. The molecular formula is C17H29N3O3. The van der Waals surface area contributed by atoms with Crippen molar-refractivity contribution in [3.63, 3.8) is 0 Å². The second kappa shape index (κ2) is 6.89. The van der Waals surface area contributed by atoms with Crippen molar-refractivity contribution in [1.29, 1.82) is 0 Å². The number of hydrogen-bond donors (Lipinski definition) is 1. The fourth-order valence-electron chi connectivity index (χ4n) is 3.47. The highest BCUT2D eigenvalue weighted by molar-refractivity contribution is 5.83. The van der Waals surface area contributed by atoms with Crippen molar-refractivity contribution in [2.24, 2.45) is 23.0 Å². The van der Waals surface area contributed by atoms with Crippen molar-refractivity contribution in [2.45, 2.75) is 46.5 Å². The van der Waals surface area contributed by atoms with Crippen LogP contribution in [0.5, 0.6) is 0 Å². The number of carbonyl (C=O) groups is 3. The van der Waals surface area contributed by atoms with E-state index in [0.717, 1.165) is 12.8 Å². The predicted molar refractivity (Wildman–Crippen MR) is 87.3 cm³/mol. The van der Waals surface area contributed by atoms with Crippen LogP contribution in [0.3, 0.4) is 0 Å². The third-order valence-electron chi connectivity index (χ3n) is 4.91. The SMILES string of the molecule is CC(C)(C)C(=O)N1CCC(C(=O)N2CCC[C@H](C(N)=O)C2)CC1. The third kappa shape index (κ3) is 4.24. The summed E-state index contributed by atoms with van der Waals surface area (Å²) in [5.41, 5.74) is 5.00. The van der Waals surface area contributed by atoms with Crippen LogP contribution in [0.15, 0.2) is 0 Å². The summed E-state index contributed by atoms with van der Waals surface area (Å²) in [7, 11) is 0. The molecule has 2 saturated heterocycles. The van der Waals surface area contributed by atoms with E-state index in [-0.39, 0.29) is 35.0 Å². The summed E-state index contributed by atoms with van der Waals surface area (Å²) >= 11 is 0. The zero-order chi connectivity index (χ0) is 17.2.